The molecule has 108 valence electrons. The Morgan fingerprint density at radius 1 is 1.15 bits per heavy atom. The second kappa shape index (κ2) is 5.35. The Kier molecular flexibility index (Phi) is 3.94. The highest BCUT2D eigenvalue weighted by Gasteiger charge is 2.39. The van der Waals surface area contributed by atoms with Crippen LogP contribution in [0.15, 0.2) is 27.4 Å². The van der Waals surface area contributed by atoms with Crippen LogP contribution in [0, 0.1) is 0 Å². The first-order valence-electron chi connectivity index (χ1n) is 5.31. The number of alkyl halides is 3. The van der Waals surface area contributed by atoms with Crippen LogP contribution in [-0.2, 0) is 6.18 Å². The van der Waals surface area contributed by atoms with Crippen molar-refractivity contribution >= 4 is 15.9 Å². The Bertz CT molecular complexity index is 600. The van der Waals surface area contributed by atoms with Gasteiger partial charge in [-0.15, -0.1) is 0 Å². The normalized spacial score (nSPS) is 11.5. The molecule has 0 bridgehead atoms. The van der Waals surface area contributed by atoms with Crippen LogP contribution in [0.3, 0.4) is 0 Å². The summed E-state index contributed by atoms with van der Waals surface area (Å²) >= 11 is 3.24. The van der Waals surface area contributed by atoms with Crippen LogP contribution in [0.5, 0.6) is 11.5 Å². The van der Waals surface area contributed by atoms with Crippen molar-refractivity contribution in [1.82, 2.24) is 4.98 Å². The molecule has 1 aromatic carbocycles. The predicted molar refractivity (Wildman–Crippen MR) is 67.7 cm³/mol. The first kappa shape index (κ1) is 14.7. The van der Waals surface area contributed by atoms with E-state index in [4.69, 9.17) is 9.47 Å². The van der Waals surface area contributed by atoms with Crippen LogP contribution < -0.4 is 9.47 Å². The van der Waals surface area contributed by atoms with Gasteiger partial charge in [-0.25, -0.2) is 4.98 Å². The average Bonchev–Trinajstić information content (AvgIpc) is 2.88. The van der Waals surface area contributed by atoms with Gasteiger partial charge in [0.15, 0.2) is 6.39 Å². The molecule has 20 heavy (non-hydrogen) atoms. The van der Waals surface area contributed by atoms with Gasteiger partial charge in [-0.3, -0.25) is 0 Å². The largest absolute Gasteiger partial charge is 0.495 e. The number of hydrogen-bond donors (Lipinski definition) is 0. The van der Waals surface area contributed by atoms with Gasteiger partial charge in [-0.05, 0) is 28.1 Å². The average molecular weight is 352 g/mol. The van der Waals surface area contributed by atoms with E-state index in [2.05, 4.69) is 25.3 Å². The first-order valence-corrected chi connectivity index (χ1v) is 6.10. The number of oxazole rings is 1. The van der Waals surface area contributed by atoms with Crippen molar-refractivity contribution in [2.75, 3.05) is 14.2 Å². The summed E-state index contributed by atoms with van der Waals surface area (Å²) in [4.78, 5) is 3.62. The highest BCUT2D eigenvalue weighted by atomic mass is 79.9. The fourth-order valence-corrected chi connectivity index (χ4v) is 2.21. The second-order valence-corrected chi connectivity index (χ2v) is 4.52. The van der Waals surface area contributed by atoms with Gasteiger partial charge in [0, 0.05) is 5.56 Å². The lowest BCUT2D eigenvalue weighted by atomic mass is 10.1. The standard InChI is InChI=1S/C12H9BrF3NO3/c1-18-7-3-6(4-8(19-2)9(7)13)10-11(12(14,15)16)20-5-17-10/h3-5H,1-2H3. The lowest BCUT2D eigenvalue weighted by Crippen LogP contribution is -2.05. The maximum atomic E-state index is 12.8. The molecule has 1 aromatic heterocycles. The molecule has 0 saturated heterocycles. The molecule has 0 radical (unpaired) electrons. The van der Waals surface area contributed by atoms with Crippen LogP contribution in [-0.4, -0.2) is 19.2 Å². The molecule has 4 nitrogen and oxygen atoms in total. The van der Waals surface area contributed by atoms with Crippen LogP contribution in [0.1, 0.15) is 5.76 Å². The minimum Gasteiger partial charge on any atom is -0.495 e. The van der Waals surface area contributed by atoms with Crippen molar-refractivity contribution in [1.29, 1.82) is 0 Å². The van der Waals surface area contributed by atoms with Gasteiger partial charge in [0.2, 0.25) is 5.76 Å². The first-order chi connectivity index (χ1) is 9.38. The van der Waals surface area contributed by atoms with Gasteiger partial charge < -0.3 is 13.9 Å². The molecule has 0 N–H and O–H groups in total. The van der Waals surface area contributed by atoms with E-state index in [9.17, 15) is 13.2 Å². The van der Waals surface area contributed by atoms with Gasteiger partial charge in [-0.2, -0.15) is 13.2 Å². The Labute approximate surface area is 120 Å². The van der Waals surface area contributed by atoms with Gasteiger partial charge in [0.1, 0.15) is 21.7 Å². The van der Waals surface area contributed by atoms with E-state index in [-0.39, 0.29) is 11.3 Å². The number of halogens is 4. The third-order valence-corrected chi connectivity index (χ3v) is 3.33. The predicted octanol–water partition coefficient (Wildman–Crippen LogP) is 4.14. The molecule has 2 aromatic rings. The summed E-state index contributed by atoms with van der Waals surface area (Å²) in [5.74, 6) is -0.505. The summed E-state index contributed by atoms with van der Waals surface area (Å²) in [6.45, 7) is 0. The third-order valence-electron chi connectivity index (χ3n) is 2.54. The summed E-state index contributed by atoms with van der Waals surface area (Å²) in [5, 5.41) is 0. The van der Waals surface area contributed by atoms with E-state index in [1.165, 1.54) is 26.4 Å². The molecule has 0 unspecified atom stereocenters. The summed E-state index contributed by atoms with van der Waals surface area (Å²) in [7, 11) is 2.80. The second-order valence-electron chi connectivity index (χ2n) is 3.72. The number of hydrogen-bond acceptors (Lipinski definition) is 4. The van der Waals surface area contributed by atoms with E-state index in [0.29, 0.717) is 16.0 Å². The highest BCUT2D eigenvalue weighted by Crippen LogP contribution is 2.42. The zero-order chi connectivity index (χ0) is 14.9. The smallest absolute Gasteiger partial charge is 0.451 e. The van der Waals surface area contributed by atoms with Crippen LogP contribution in [0.25, 0.3) is 11.3 Å². The summed E-state index contributed by atoms with van der Waals surface area (Å²) in [5.41, 5.74) is -0.135. The number of nitrogens with zero attached hydrogens (tertiary/aromatic N) is 1. The lowest BCUT2D eigenvalue weighted by molar-refractivity contribution is -0.152. The molecule has 0 saturated carbocycles. The molecule has 0 spiro atoms. The van der Waals surface area contributed by atoms with Crippen molar-refractivity contribution < 1.29 is 27.1 Å². The maximum Gasteiger partial charge on any atom is 0.451 e. The number of methoxy groups -OCH3 is 2. The fourth-order valence-electron chi connectivity index (χ4n) is 1.66. The molecular weight excluding hydrogens is 343 g/mol. The SMILES string of the molecule is COc1cc(-c2ncoc2C(F)(F)F)cc(OC)c1Br. The monoisotopic (exact) mass is 351 g/mol. The van der Waals surface area contributed by atoms with Gasteiger partial charge in [0.05, 0.1) is 14.2 Å². The maximum absolute atomic E-state index is 12.8. The molecule has 1 heterocycles. The molecule has 0 aliphatic rings. The topological polar surface area (TPSA) is 44.5 Å². The summed E-state index contributed by atoms with van der Waals surface area (Å²) in [6, 6.07) is 2.83. The third kappa shape index (κ3) is 2.60. The highest BCUT2D eigenvalue weighted by molar-refractivity contribution is 9.10. The number of benzene rings is 1. The van der Waals surface area contributed by atoms with Crippen LogP contribution in [0.4, 0.5) is 13.2 Å². The number of ether oxygens (including phenoxy) is 2. The summed E-state index contributed by atoms with van der Waals surface area (Å²) in [6.07, 6.45) is -3.88. The van der Waals surface area contributed by atoms with E-state index < -0.39 is 11.9 Å². The molecule has 0 amide bonds. The Morgan fingerprint density at radius 2 is 1.70 bits per heavy atom. The van der Waals surface area contributed by atoms with E-state index in [1.807, 2.05) is 0 Å². The van der Waals surface area contributed by atoms with Crippen molar-refractivity contribution in [3.8, 4) is 22.8 Å². The molecule has 0 aliphatic carbocycles. The molecule has 0 atom stereocenters. The molecule has 8 heteroatoms. The Hall–Kier alpha value is -1.70. The van der Waals surface area contributed by atoms with E-state index >= 15 is 0 Å². The molecule has 2 rings (SSSR count). The Morgan fingerprint density at radius 3 is 2.15 bits per heavy atom. The van der Waals surface area contributed by atoms with Crippen molar-refractivity contribution in [2.45, 2.75) is 6.18 Å². The quantitative estimate of drug-likeness (QED) is 0.833. The van der Waals surface area contributed by atoms with E-state index in [0.717, 1.165) is 6.39 Å². The van der Waals surface area contributed by atoms with Gasteiger partial charge in [0.25, 0.3) is 0 Å². The van der Waals surface area contributed by atoms with Crippen LogP contribution in [0.2, 0.25) is 0 Å². The molecular formula is C12H9BrF3NO3. The zero-order valence-electron chi connectivity index (χ0n) is 10.4. The Balaban J connectivity index is 2.62. The number of rotatable bonds is 3. The van der Waals surface area contributed by atoms with Crippen molar-refractivity contribution in [3.05, 3.63) is 28.8 Å². The number of aromatic nitrogens is 1. The van der Waals surface area contributed by atoms with Crippen LogP contribution >= 0.6 is 15.9 Å². The molecule has 0 fully saturated rings. The van der Waals surface area contributed by atoms with Crippen molar-refractivity contribution in [3.63, 3.8) is 0 Å². The fraction of sp³-hybridized carbons (Fsp3) is 0.250. The van der Waals surface area contributed by atoms with Gasteiger partial charge >= 0.3 is 6.18 Å². The zero-order valence-corrected chi connectivity index (χ0v) is 12.0. The minimum atomic E-state index is -4.63. The minimum absolute atomic E-state index is 0.183. The lowest BCUT2D eigenvalue weighted by Gasteiger charge is -2.11. The van der Waals surface area contributed by atoms with E-state index in [1.54, 1.807) is 0 Å². The van der Waals surface area contributed by atoms with Gasteiger partial charge in [-0.1, -0.05) is 0 Å². The van der Waals surface area contributed by atoms with Crippen molar-refractivity contribution in [2.24, 2.45) is 0 Å². The summed E-state index contributed by atoms with van der Waals surface area (Å²) < 4.78 is 53.5. The molecule has 0 aliphatic heterocycles.